The van der Waals surface area contributed by atoms with Gasteiger partial charge in [0.2, 0.25) is 0 Å². The molecule has 0 radical (unpaired) electrons. The van der Waals surface area contributed by atoms with Crippen LogP contribution < -0.4 is 15.5 Å². The number of nitrogens with one attached hydrogen (secondary N) is 2. The molecule has 0 unspecified atom stereocenters. The zero-order chi connectivity index (χ0) is 21.3. The molecule has 3 aromatic rings. The summed E-state index contributed by atoms with van der Waals surface area (Å²) in [4.78, 5) is 27.1. The molecular weight excluding hydrogens is 374 g/mol. The van der Waals surface area contributed by atoms with E-state index in [0.717, 1.165) is 12.8 Å². The van der Waals surface area contributed by atoms with Crippen LogP contribution in [0, 0.1) is 0 Å². The number of rotatable bonds is 8. The molecule has 30 heavy (non-hydrogen) atoms. The van der Waals surface area contributed by atoms with Gasteiger partial charge >= 0.3 is 0 Å². The maximum Gasteiger partial charge on any atom is 0.255 e. The third-order valence-corrected chi connectivity index (χ3v) is 4.84. The van der Waals surface area contributed by atoms with Crippen LogP contribution in [0.5, 0.6) is 0 Å². The summed E-state index contributed by atoms with van der Waals surface area (Å²) in [7, 11) is 4.04. The molecule has 2 amide bonds. The van der Waals surface area contributed by atoms with E-state index in [2.05, 4.69) is 39.8 Å². The van der Waals surface area contributed by atoms with Gasteiger partial charge in [0.25, 0.3) is 11.8 Å². The van der Waals surface area contributed by atoms with Crippen molar-refractivity contribution in [1.29, 1.82) is 0 Å². The molecule has 0 saturated heterocycles. The van der Waals surface area contributed by atoms with Gasteiger partial charge < -0.3 is 15.5 Å². The fourth-order valence-electron chi connectivity index (χ4n) is 3.12. The van der Waals surface area contributed by atoms with Gasteiger partial charge in [0, 0.05) is 31.9 Å². The second-order valence-corrected chi connectivity index (χ2v) is 7.29. The first kappa shape index (κ1) is 21.1. The lowest BCUT2D eigenvalue weighted by Gasteiger charge is -2.13. The average molecular weight is 402 g/mol. The van der Waals surface area contributed by atoms with Crippen molar-refractivity contribution in [2.75, 3.05) is 30.9 Å². The lowest BCUT2D eigenvalue weighted by molar-refractivity contribution is 0.0954. The molecule has 0 aliphatic carbocycles. The molecule has 3 aromatic carbocycles. The lowest BCUT2D eigenvalue weighted by Crippen LogP contribution is -2.26. The van der Waals surface area contributed by atoms with Gasteiger partial charge in [-0.25, -0.2) is 0 Å². The van der Waals surface area contributed by atoms with E-state index in [-0.39, 0.29) is 11.8 Å². The largest absolute Gasteiger partial charge is 0.378 e. The fraction of sp³-hybridized carbons (Fsp3) is 0.200. The van der Waals surface area contributed by atoms with E-state index in [0.29, 0.717) is 23.4 Å². The first-order valence-electron chi connectivity index (χ1n) is 10.0. The van der Waals surface area contributed by atoms with Gasteiger partial charge in [-0.2, -0.15) is 0 Å². The Hall–Kier alpha value is -3.60. The predicted octanol–water partition coefficient (Wildman–Crippen LogP) is 4.37. The number of amides is 2. The summed E-state index contributed by atoms with van der Waals surface area (Å²) in [5, 5.41) is 5.79. The van der Waals surface area contributed by atoms with E-state index in [4.69, 9.17) is 0 Å². The molecule has 2 N–H and O–H groups in total. The molecule has 0 fully saturated rings. The highest BCUT2D eigenvalue weighted by atomic mass is 16.2. The summed E-state index contributed by atoms with van der Waals surface area (Å²) < 4.78 is 0. The Balaban J connectivity index is 1.53. The van der Waals surface area contributed by atoms with Gasteiger partial charge in [-0.1, -0.05) is 42.5 Å². The van der Waals surface area contributed by atoms with Crippen molar-refractivity contribution in [2.24, 2.45) is 0 Å². The summed E-state index contributed by atoms with van der Waals surface area (Å²) in [5.74, 6) is -0.432. The van der Waals surface area contributed by atoms with Gasteiger partial charge in [0.15, 0.2) is 0 Å². The van der Waals surface area contributed by atoms with Crippen molar-refractivity contribution in [3.05, 3.63) is 95.6 Å². The van der Waals surface area contributed by atoms with Gasteiger partial charge in [-0.15, -0.1) is 0 Å². The van der Waals surface area contributed by atoms with E-state index >= 15 is 0 Å². The van der Waals surface area contributed by atoms with Gasteiger partial charge in [-0.3, -0.25) is 9.59 Å². The maximum absolute atomic E-state index is 12.6. The zero-order valence-electron chi connectivity index (χ0n) is 17.4. The Bertz CT molecular complexity index is 983. The number of carbonyl (C=O) groups is 2. The van der Waals surface area contributed by atoms with Crippen LogP contribution in [0.25, 0.3) is 0 Å². The smallest absolute Gasteiger partial charge is 0.255 e. The second kappa shape index (κ2) is 10.3. The summed E-state index contributed by atoms with van der Waals surface area (Å²) in [6.45, 7) is 0.565. The van der Waals surface area contributed by atoms with Crippen LogP contribution in [0.15, 0.2) is 78.9 Å². The third kappa shape index (κ3) is 5.70. The summed E-state index contributed by atoms with van der Waals surface area (Å²) in [5.41, 5.74) is 3.92. The minimum Gasteiger partial charge on any atom is -0.378 e. The molecule has 0 aliphatic rings. The van der Waals surface area contributed by atoms with Crippen molar-refractivity contribution >= 4 is 23.2 Å². The number of benzene rings is 3. The van der Waals surface area contributed by atoms with E-state index in [1.165, 1.54) is 11.3 Å². The molecule has 0 spiro atoms. The molecule has 0 heterocycles. The SMILES string of the molecule is CN(C)c1ccc(CCCNC(=O)c2ccccc2NC(=O)c2ccccc2)cc1. The van der Waals surface area contributed by atoms with Gasteiger partial charge in [0.05, 0.1) is 11.3 Å². The Morgan fingerprint density at radius 2 is 1.47 bits per heavy atom. The highest BCUT2D eigenvalue weighted by Gasteiger charge is 2.13. The van der Waals surface area contributed by atoms with Gasteiger partial charge in [0.1, 0.15) is 0 Å². The molecule has 5 nitrogen and oxygen atoms in total. The second-order valence-electron chi connectivity index (χ2n) is 7.29. The van der Waals surface area contributed by atoms with Crippen molar-refractivity contribution < 1.29 is 9.59 Å². The third-order valence-electron chi connectivity index (χ3n) is 4.84. The van der Waals surface area contributed by atoms with Crippen LogP contribution >= 0.6 is 0 Å². The summed E-state index contributed by atoms with van der Waals surface area (Å²) >= 11 is 0. The normalized spacial score (nSPS) is 10.3. The highest BCUT2D eigenvalue weighted by Crippen LogP contribution is 2.17. The van der Waals surface area contributed by atoms with E-state index < -0.39 is 0 Å². The molecule has 154 valence electrons. The van der Waals surface area contributed by atoms with Crippen molar-refractivity contribution in [2.45, 2.75) is 12.8 Å². The van der Waals surface area contributed by atoms with Crippen LogP contribution in [0.3, 0.4) is 0 Å². The number of carbonyl (C=O) groups excluding carboxylic acids is 2. The van der Waals surface area contributed by atoms with Crippen LogP contribution in [-0.4, -0.2) is 32.5 Å². The number of anilines is 2. The van der Waals surface area contributed by atoms with E-state index in [1.807, 2.05) is 32.3 Å². The Morgan fingerprint density at radius 3 is 2.17 bits per heavy atom. The van der Waals surface area contributed by atoms with Gasteiger partial charge in [-0.05, 0) is 54.8 Å². The minimum atomic E-state index is -0.239. The van der Waals surface area contributed by atoms with E-state index in [1.54, 1.807) is 36.4 Å². The molecule has 0 aromatic heterocycles. The minimum absolute atomic E-state index is 0.193. The van der Waals surface area contributed by atoms with Crippen molar-refractivity contribution in [1.82, 2.24) is 5.32 Å². The molecule has 0 aliphatic heterocycles. The number of hydrogen-bond donors (Lipinski definition) is 2. The molecule has 0 saturated carbocycles. The maximum atomic E-state index is 12.6. The number of hydrogen-bond acceptors (Lipinski definition) is 3. The van der Waals surface area contributed by atoms with Crippen LogP contribution in [0.1, 0.15) is 32.7 Å². The van der Waals surface area contributed by atoms with Crippen molar-refractivity contribution in [3.63, 3.8) is 0 Å². The predicted molar refractivity (Wildman–Crippen MR) is 122 cm³/mol. The number of aryl methyl sites for hydroxylation is 1. The molecule has 3 rings (SSSR count). The quantitative estimate of drug-likeness (QED) is 0.551. The zero-order valence-corrected chi connectivity index (χ0v) is 17.4. The monoisotopic (exact) mass is 401 g/mol. The van der Waals surface area contributed by atoms with Crippen LogP contribution in [-0.2, 0) is 6.42 Å². The molecule has 0 bridgehead atoms. The first-order valence-corrected chi connectivity index (χ1v) is 10.0. The lowest BCUT2D eigenvalue weighted by atomic mass is 10.1. The molecule has 5 heteroatoms. The standard InChI is InChI=1S/C25H27N3O2/c1-28(2)21-16-14-19(15-17-21)9-8-18-26-25(30)22-12-6-7-13-23(22)27-24(29)20-10-4-3-5-11-20/h3-7,10-17H,8-9,18H2,1-2H3,(H,26,30)(H,27,29). The first-order chi connectivity index (χ1) is 14.5. The summed E-state index contributed by atoms with van der Waals surface area (Å²) in [6, 6.07) is 24.4. The topological polar surface area (TPSA) is 61.4 Å². The number of para-hydroxylation sites is 1. The molecule has 0 atom stereocenters. The highest BCUT2D eigenvalue weighted by molar-refractivity contribution is 6.08. The number of nitrogens with zero attached hydrogens (tertiary/aromatic N) is 1. The van der Waals surface area contributed by atoms with E-state index in [9.17, 15) is 9.59 Å². The van der Waals surface area contributed by atoms with Crippen molar-refractivity contribution in [3.8, 4) is 0 Å². The Labute approximate surface area is 177 Å². The Morgan fingerprint density at radius 1 is 0.800 bits per heavy atom. The molecular formula is C25H27N3O2. The summed E-state index contributed by atoms with van der Waals surface area (Å²) in [6.07, 6.45) is 1.73. The van der Waals surface area contributed by atoms with Crippen LogP contribution in [0.4, 0.5) is 11.4 Å². The van der Waals surface area contributed by atoms with Crippen LogP contribution in [0.2, 0.25) is 0 Å². The Kier molecular flexibility index (Phi) is 7.22. The fourth-order valence-corrected chi connectivity index (χ4v) is 3.12. The average Bonchev–Trinajstić information content (AvgIpc) is 2.78.